The molecule has 0 amide bonds. The van der Waals surface area contributed by atoms with E-state index < -0.39 is 0 Å². The summed E-state index contributed by atoms with van der Waals surface area (Å²) in [4.78, 5) is 6.53. The maximum absolute atomic E-state index is 6.09. The van der Waals surface area contributed by atoms with Crippen molar-refractivity contribution < 1.29 is 4.52 Å². The molecular formula is C12H20N6O. The summed E-state index contributed by atoms with van der Waals surface area (Å²) in [5.41, 5.74) is 6.75. The Kier molecular flexibility index (Phi) is 4.28. The van der Waals surface area contributed by atoms with Gasteiger partial charge in [-0.3, -0.25) is 4.68 Å². The highest BCUT2D eigenvalue weighted by atomic mass is 16.5. The van der Waals surface area contributed by atoms with Crippen LogP contribution in [0, 0.1) is 0 Å². The fraction of sp³-hybridized carbons (Fsp3) is 0.583. The van der Waals surface area contributed by atoms with Gasteiger partial charge in [0.1, 0.15) is 0 Å². The number of nitrogens with two attached hydrogens (primary N) is 1. The van der Waals surface area contributed by atoms with E-state index in [0.717, 1.165) is 13.1 Å². The van der Waals surface area contributed by atoms with Gasteiger partial charge in [0.2, 0.25) is 0 Å². The zero-order valence-corrected chi connectivity index (χ0v) is 11.6. The molecule has 2 aromatic heterocycles. The first-order valence-electron chi connectivity index (χ1n) is 6.45. The molecule has 1 atom stereocenters. The minimum Gasteiger partial charge on any atom is -0.332 e. The summed E-state index contributed by atoms with van der Waals surface area (Å²) in [6.07, 6.45) is 1.83. The number of aromatic nitrogens is 4. The van der Waals surface area contributed by atoms with Crippen LogP contribution in [0.2, 0.25) is 0 Å². The SMILES string of the molecule is CCN(CC)CC(N)c1noc(-c2ccn(C)n2)n1. The van der Waals surface area contributed by atoms with E-state index in [0.29, 0.717) is 24.0 Å². The van der Waals surface area contributed by atoms with Crippen LogP contribution < -0.4 is 5.73 Å². The molecule has 1 unspecified atom stereocenters. The van der Waals surface area contributed by atoms with E-state index in [1.54, 1.807) is 4.68 Å². The van der Waals surface area contributed by atoms with Gasteiger partial charge in [-0.15, -0.1) is 0 Å². The summed E-state index contributed by atoms with van der Waals surface area (Å²) in [7, 11) is 1.84. The topological polar surface area (TPSA) is 86.0 Å². The Morgan fingerprint density at radius 2 is 2.16 bits per heavy atom. The summed E-state index contributed by atoms with van der Waals surface area (Å²) in [6.45, 7) is 6.83. The maximum atomic E-state index is 6.09. The van der Waals surface area contributed by atoms with Crippen LogP contribution in [0.3, 0.4) is 0 Å². The first kappa shape index (κ1) is 13.7. The molecule has 2 N–H and O–H groups in total. The second-order valence-corrected chi connectivity index (χ2v) is 4.42. The summed E-state index contributed by atoms with van der Waals surface area (Å²) >= 11 is 0. The molecule has 0 aliphatic rings. The third-order valence-electron chi connectivity index (χ3n) is 3.06. The summed E-state index contributed by atoms with van der Waals surface area (Å²) < 4.78 is 6.89. The van der Waals surface area contributed by atoms with Crippen LogP contribution >= 0.6 is 0 Å². The molecule has 0 saturated carbocycles. The van der Waals surface area contributed by atoms with Gasteiger partial charge in [0.05, 0.1) is 6.04 Å². The van der Waals surface area contributed by atoms with Gasteiger partial charge in [0.25, 0.3) is 5.89 Å². The second-order valence-electron chi connectivity index (χ2n) is 4.42. The molecule has 2 heterocycles. The van der Waals surface area contributed by atoms with E-state index in [1.807, 2.05) is 19.3 Å². The van der Waals surface area contributed by atoms with E-state index in [2.05, 4.69) is 34.0 Å². The Morgan fingerprint density at radius 1 is 1.42 bits per heavy atom. The van der Waals surface area contributed by atoms with Gasteiger partial charge in [0.15, 0.2) is 11.5 Å². The predicted octanol–water partition coefficient (Wildman–Crippen LogP) is 0.812. The van der Waals surface area contributed by atoms with Crippen molar-refractivity contribution in [2.75, 3.05) is 19.6 Å². The van der Waals surface area contributed by atoms with E-state index in [9.17, 15) is 0 Å². The van der Waals surface area contributed by atoms with Crippen molar-refractivity contribution in [1.82, 2.24) is 24.8 Å². The normalized spacial score (nSPS) is 13.1. The molecule has 7 nitrogen and oxygen atoms in total. The lowest BCUT2D eigenvalue weighted by Crippen LogP contribution is -2.32. The van der Waals surface area contributed by atoms with Gasteiger partial charge in [-0.1, -0.05) is 19.0 Å². The quantitative estimate of drug-likeness (QED) is 0.831. The summed E-state index contributed by atoms with van der Waals surface area (Å²) in [6, 6.07) is 1.58. The third kappa shape index (κ3) is 3.18. The van der Waals surface area contributed by atoms with Gasteiger partial charge >= 0.3 is 0 Å². The Hall–Kier alpha value is -1.73. The Balaban J connectivity index is 2.08. The van der Waals surface area contributed by atoms with E-state index in [-0.39, 0.29) is 6.04 Å². The van der Waals surface area contributed by atoms with Crippen molar-refractivity contribution in [2.45, 2.75) is 19.9 Å². The monoisotopic (exact) mass is 264 g/mol. The van der Waals surface area contributed by atoms with E-state index >= 15 is 0 Å². The minimum atomic E-state index is -0.249. The second kappa shape index (κ2) is 5.94. The van der Waals surface area contributed by atoms with Gasteiger partial charge in [0, 0.05) is 19.8 Å². The molecule has 0 fully saturated rings. The number of nitrogens with zero attached hydrogens (tertiary/aromatic N) is 5. The molecule has 0 aliphatic carbocycles. The van der Waals surface area contributed by atoms with Crippen LogP contribution in [-0.2, 0) is 7.05 Å². The largest absolute Gasteiger partial charge is 0.332 e. The Morgan fingerprint density at radius 3 is 2.74 bits per heavy atom. The predicted molar refractivity (Wildman–Crippen MR) is 71.2 cm³/mol. The lowest BCUT2D eigenvalue weighted by molar-refractivity contribution is 0.278. The number of likely N-dealkylation sites (N-methyl/N-ethyl adjacent to an activating group) is 1. The zero-order valence-electron chi connectivity index (χ0n) is 11.6. The fourth-order valence-electron chi connectivity index (χ4n) is 1.86. The van der Waals surface area contributed by atoms with Crippen LogP contribution in [0.5, 0.6) is 0 Å². The highest BCUT2D eigenvalue weighted by Gasteiger charge is 2.18. The standard InChI is InChI=1S/C12H20N6O/c1-4-18(5-2)8-9(13)11-14-12(19-16-11)10-6-7-17(3)15-10/h6-7,9H,4-5,8,13H2,1-3H3. The van der Waals surface area contributed by atoms with Crippen LogP contribution in [0.4, 0.5) is 0 Å². The summed E-state index contributed by atoms with van der Waals surface area (Å²) in [5, 5.41) is 8.15. The molecule has 0 bridgehead atoms. The molecule has 0 spiro atoms. The zero-order chi connectivity index (χ0) is 13.8. The van der Waals surface area contributed by atoms with Crippen molar-refractivity contribution in [2.24, 2.45) is 12.8 Å². The van der Waals surface area contributed by atoms with E-state index in [1.165, 1.54) is 0 Å². The van der Waals surface area contributed by atoms with Crippen LogP contribution in [-0.4, -0.2) is 44.5 Å². The lowest BCUT2D eigenvalue weighted by Gasteiger charge is -2.20. The third-order valence-corrected chi connectivity index (χ3v) is 3.06. The van der Waals surface area contributed by atoms with E-state index in [4.69, 9.17) is 10.3 Å². The molecule has 2 rings (SSSR count). The lowest BCUT2D eigenvalue weighted by atomic mass is 10.2. The van der Waals surface area contributed by atoms with Gasteiger partial charge in [-0.25, -0.2) is 0 Å². The van der Waals surface area contributed by atoms with Gasteiger partial charge < -0.3 is 15.2 Å². The van der Waals surface area contributed by atoms with Crippen LogP contribution in [0.25, 0.3) is 11.6 Å². The molecule has 2 aromatic rings. The molecular weight excluding hydrogens is 244 g/mol. The number of aryl methyl sites for hydroxylation is 1. The molecule has 0 aromatic carbocycles. The molecule has 0 radical (unpaired) electrons. The van der Waals surface area contributed by atoms with Crippen LogP contribution in [0.1, 0.15) is 25.7 Å². The van der Waals surface area contributed by atoms with Gasteiger partial charge in [-0.05, 0) is 19.2 Å². The summed E-state index contributed by atoms with van der Waals surface area (Å²) in [5.74, 6) is 0.929. The first-order chi connectivity index (χ1) is 9.13. The molecule has 0 saturated heterocycles. The average Bonchev–Trinajstić information content (AvgIpc) is 3.04. The first-order valence-corrected chi connectivity index (χ1v) is 6.45. The fourth-order valence-corrected chi connectivity index (χ4v) is 1.86. The Labute approximate surface area is 112 Å². The smallest absolute Gasteiger partial charge is 0.278 e. The molecule has 19 heavy (non-hydrogen) atoms. The maximum Gasteiger partial charge on any atom is 0.278 e. The van der Waals surface area contributed by atoms with Gasteiger partial charge in [-0.2, -0.15) is 10.1 Å². The van der Waals surface area contributed by atoms with Crippen LogP contribution in [0.15, 0.2) is 16.8 Å². The molecule has 7 heteroatoms. The van der Waals surface area contributed by atoms with Crippen molar-refractivity contribution in [3.05, 3.63) is 18.1 Å². The van der Waals surface area contributed by atoms with Crippen molar-refractivity contribution in [3.8, 4) is 11.6 Å². The highest BCUT2D eigenvalue weighted by Crippen LogP contribution is 2.16. The number of hydrogen-bond donors (Lipinski definition) is 1. The van der Waals surface area contributed by atoms with Crippen molar-refractivity contribution in [1.29, 1.82) is 0 Å². The average molecular weight is 264 g/mol. The number of rotatable bonds is 6. The van der Waals surface area contributed by atoms with Crippen molar-refractivity contribution >= 4 is 0 Å². The Bertz CT molecular complexity index is 516. The molecule has 104 valence electrons. The minimum absolute atomic E-state index is 0.249. The van der Waals surface area contributed by atoms with Crippen molar-refractivity contribution in [3.63, 3.8) is 0 Å². The highest BCUT2D eigenvalue weighted by molar-refractivity contribution is 5.44. The number of hydrogen-bond acceptors (Lipinski definition) is 6. The molecule has 0 aliphatic heterocycles.